The first-order valence-electron chi connectivity index (χ1n) is 10.5. The predicted molar refractivity (Wildman–Crippen MR) is 112 cm³/mol. The highest BCUT2D eigenvalue weighted by Gasteiger charge is 1.98. The first-order valence-corrected chi connectivity index (χ1v) is 10.5. The van der Waals surface area contributed by atoms with Crippen LogP contribution in [0.5, 0.6) is 0 Å². The molecule has 0 aliphatic carbocycles. The summed E-state index contributed by atoms with van der Waals surface area (Å²) in [6.45, 7) is 9.65. The topological polar surface area (TPSA) is 26.3 Å². The van der Waals surface area contributed by atoms with Gasteiger partial charge < -0.3 is 4.74 Å². The van der Waals surface area contributed by atoms with E-state index in [1.54, 1.807) is 0 Å². The molecule has 0 unspecified atom stereocenters. The van der Waals surface area contributed by atoms with Gasteiger partial charge in [0.1, 0.15) is 0 Å². The van der Waals surface area contributed by atoms with Crippen molar-refractivity contribution in [2.24, 2.45) is 0 Å². The maximum Gasteiger partial charge on any atom is 0.305 e. The molecule has 148 valence electrons. The molecular weight excluding hydrogens is 308 g/mol. The van der Waals surface area contributed by atoms with Gasteiger partial charge in [-0.3, -0.25) is 4.79 Å². The van der Waals surface area contributed by atoms with Gasteiger partial charge in [-0.05, 0) is 32.1 Å². The third-order valence-electron chi connectivity index (χ3n) is 4.28. The lowest BCUT2D eigenvalue weighted by molar-refractivity contribution is -0.140. The van der Waals surface area contributed by atoms with Gasteiger partial charge in [0.2, 0.25) is 0 Å². The summed E-state index contributed by atoms with van der Waals surface area (Å²) in [6.07, 6.45) is 23.9. The molecule has 0 amide bonds. The van der Waals surface area contributed by atoms with Gasteiger partial charge in [-0.25, -0.2) is 0 Å². The highest BCUT2D eigenvalue weighted by atomic mass is 16.5. The van der Waals surface area contributed by atoms with Gasteiger partial charge >= 0.3 is 5.97 Å². The fourth-order valence-electron chi connectivity index (χ4n) is 2.61. The van der Waals surface area contributed by atoms with Gasteiger partial charge in [0.25, 0.3) is 0 Å². The van der Waals surface area contributed by atoms with Crippen molar-refractivity contribution in [2.75, 3.05) is 7.11 Å². The fraction of sp³-hybridized carbons (Fsp3) is 0.783. The van der Waals surface area contributed by atoms with E-state index in [-0.39, 0.29) is 5.97 Å². The minimum absolute atomic E-state index is 0.0916. The molecule has 0 radical (unpaired) electrons. The van der Waals surface area contributed by atoms with Crippen LogP contribution in [0, 0.1) is 0 Å². The van der Waals surface area contributed by atoms with E-state index in [9.17, 15) is 4.79 Å². The average molecular weight is 353 g/mol. The van der Waals surface area contributed by atoms with E-state index in [1.165, 1.54) is 84.2 Å². The summed E-state index contributed by atoms with van der Waals surface area (Å²) in [5, 5.41) is 0. The van der Waals surface area contributed by atoms with Crippen LogP contribution in [-0.4, -0.2) is 13.1 Å². The molecule has 0 saturated carbocycles. The molecular formula is C23H44O2. The molecule has 25 heavy (non-hydrogen) atoms. The molecule has 0 rings (SSSR count). The number of carbonyl (C=O) groups excluding carboxylic acids is 1. The van der Waals surface area contributed by atoms with Gasteiger partial charge in [0, 0.05) is 6.42 Å². The van der Waals surface area contributed by atoms with Crippen LogP contribution in [0.4, 0.5) is 0 Å². The maximum atomic E-state index is 10.7. The third-order valence-corrected chi connectivity index (χ3v) is 4.28. The Bertz CT molecular complexity index is 284. The fourth-order valence-corrected chi connectivity index (χ4v) is 2.61. The average Bonchev–Trinajstić information content (AvgIpc) is 2.63. The van der Waals surface area contributed by atoms with E-state index in [2.05, 4.69) is 24.8 Å². The molecule has 0 saturated heterocycles. The molecule has 0 aromatic heterocycles. The lowest BCUT2D eigenvalue weighted by atomic mass is 10.1. The van der Waals surface area contributed by atoms with Gasteiger partial charge in [-0.2, -0.15) is 0 Å². The zero-order chi connectivity index (χ0) is 19.0. The summed E-state index contributed by atoms with van der Waals surface area (Å²) in [5.74, 6) is -0.0916. The van der Waals surface area contributed by atoms with Crippen LogP contribution in [0.25, 0.3) is 0 Å². The molecule has 0 N–H and O–H groups in total. The van der Waals surface area contributed by atoms with E-state index in [0.717, 1.165) is 19.3 Å². The van der Waals surface area contributed by atoms with Crippen LogP contribution in [0.2, 0.25) is 0 Å². The van der Waals surface area contributed by atoms with Crippen molar-refractivity contribution in [2.45, 2.75) is 110 Å². The molecule has 0 aromatic carbocycles. The molecule has 0 atom stereocenters. The lowest BCUT2D eigenvalue weighted by Gasteiger charge is -1.99. The molecule has 0 aromatic rings. The van der Waals surface area contributed by atoms with Crippen LogP contribution in [0.1, 0.15) is 110 Å². The van der Waals surface area contributed by atoms with Gasteiger partial charge in [-0.1, -0.05) is 83.3 Å². The number of rotatable bonds is 17. The number of unbranched alkanes of at least 4 members (excludes halogenated alkanes) is 13. The largest absolute Gasteiger partial charge is 0.469 e. The van der Waals surface area contributed by atoms with Crippen molar-refractivity contribution in [3.8, 4) is 0 Å². The van der Waals surface area contributed by atoms with E-state index in [1.807, 2.05) is 12.2 Å². The second-order valence-corrected chi connectivity index (χ2v) is 6.72. The molecule has 2 nitrogen and oxygen atoms in total. The summed E-state index contributed by atoms with van der Waals surface area (Å²) >= 11 is 0. The Hall–Kier alpha value is -1.05. The highest BCUT2D eigenvalue weighted by Crippen LogP contribution is 2.09. The van der Waals surface area contributed by atoms with Gasteiger partial charge in [0.15, 0.2) is 0 Å². The van der Waals surface area contributed by atoms with Gasteiger partial charge in [-0.15, -0.1) is 13.2 Å². The predicted octanol–water partition coefficient (Wildman–Crippen LogP) is 7.78. The molecule has 0 heterocycles. The van der Waals surface area contributed by atoms with Crippen LogP contribution < -0.4 is 0 Å². The molecule has 0 fully saturated rings. The summed E-state index contributed by atoms with van der Waals surface area (Å²) in [5.41, 5.74) is 0. The minimum Gasteiger partial charge on any atom is -0.469 e. The Morgan fingerprint density at radius 3 is 1.52 bits per heavy atom. The van der Waals surface area contributed by atoms with E-state index >= 15 is 0 Å². The first-order chi connectivity index (χ1) is 12.2. The Kier molecular flexibility index (Phi) is 26.4. The number of methoxy groups -OCH3 is 1. The standard InChI is InChI=1S/C12H24.C11H20O2/c1-3-5-7-9-11-12-10-8-6-4-2;1-3-4-5-6-7-8-9-10-11(12)13-2/h3H,1,4-12H2,2H3;3H,1,4-10H2,2H3. The van der Waals surface area contributed by atoms with Crippen molar-refractivity contribution in [1.82, 2.24) is 0 Å². The number of hydrogen-bond donors (Lipinski definition) is 0. The molecule has 2 heteroatoms. The van der Waals surface area contributed by atoms with Crippen molar-refractivity contribution in [3.63, 3.8) is 0 Å². The number of hydrogen-bond acceptors (Lipinski definition) is 2. The molecule has 0 bridgehead atoms. The number of esters is 1. The smallest absolute Gasteiger partial charge is 0.305 e. The number of carbonyl (C=O) groups is 1. The zero-order valence-electron chi connectivity index (χ0n) is 17.2. The Morgan fingerprint density at radius 1 is 0.720 bits per heavy atom. The zero-order valence-corrected chi connectivity index (χ0v) is 17.2. The van der Waals surface area contributed by atoms with Gasteiger partial charge in [0.05, 0.1) is 7.11 Å². The highest BCUT2D eigenvalue weighted by molar-refractivity contribution is 5.68. The molecule has 0 spiro atoms. The molecule has 0 aliphatic heterocycles. The minimum atomic E-state index is -0.0916. The van der Waals surface area contributed by atoms with Crippen molar-refractivity contribution in [1.29, 1.82) is 0 Å². The second-order valence-electron chi connectivity index (χ2n) is 6.72. The van der Waals surface area contributed by atoms with Crippen molar-refractivity contribution in [3.05, 3.63) is 25.3 Å². The summed E-state index contributed by atoms with van der Waals surface area (Å²) in [4.78, 5) is 10.7. The van der Waals surface area contributed by atoms with E-state index in [4.69, 9.17) is 0 Å². The second kappa shape index (κ2) is 25.2. The Balaban J connectivity index is 0. The quantitative estimate of drug-likeness (QED) is 0.152. The monoisotopic (exact) mass is 352 g/mol. The van der Waals surface area contributed by atoms with Crippen LogP contribution in [-0.2, 0) is 9.53 Å². The summed E-state index contributed by atoms with van der Waals surface area (Å²) in [7, 11) is 1.44. The van der Waals surface area contributed by atoms with Crippen LogP contribution in [0.3, 0.4) is 0 Å². The first kappa shape index (κ1) is 26.2. The number of ether oxygens (including phenoxy) is 1. The van der Waals surface area contributed by atoms with Crippen LogP contribution in [0.15, 0.2) is 25.3 Å². The summed E-state index contributed by atoms with van der Waals surface area (Å²) in [6, 6.07) is 0. The van der Waals surface area contributed by atoms with E-state index in [0.29, 0.717) is 6.42 Å². The van der Waals surface area contributed by atoms with Crippen LogP contribution >= 0.6 is 0 Å². The van der Waals surface area contributed by atoms with E-state index < -0.39 is 0 Å². The molecule has 0 aliphatic rings. The number of allylic oxidation sites excluding steroid dienone is 2. The van der Waals surface area contributed by atoms with Crippen molar-refractivity contribution >= 4 is 5.97 Å². The lowest BCUT2D eigenvalue weighted by Crippen LogP contribution is -1.98. The SMILES string of the molecule is C=CCCCCCCCC(=O)OC.C=CCCCCCCCCCC. The Labute approximate surface area is 158 Å². The Morgan fingerprint density at radius 2 is 1.12 bits per heavy atom. The third kappa shape index (κ3) is 28.0. The maximum absolute atomic E-state index is 10.7. The summed E-state index contributed by atoms with van der Waals surface area (Å²) < 4.78 is 4.54. The van der Waals surface area contributed by atoms with Crippen molar-refractivity contribution < 1.29 is 9.53 Å². The normalized spacial score (nSPS) is 9.84.